The fourth-order valence-electron chi connectivity index (χ4n) is 3.12. The second-order valence-corrected chi connectivity index (χ2v) is 6.82. The molecule has 3 rings (SSSR count). The van der Waals surface area contributed by atoms with Crippen molar-refractivity contribution in [3.05, 3.63) is 54.1 Å². The first-order valence-electron chi connectivity index (χ1n) is 9.22. The van der Waals surface area contributed by atoms with Crippen molar-refractivity contribution in [2.45, 2.75) is 13.8 Å². The largest absolute Gasteiger partial charge is 0.492 e. The lowest BCUT2D eigenvalue weighted by molar-refractivity contribution is 0.101. The number of thiocarbonyl (C=S) groups is 1. The van der Waals surface area contributed by atoms with Crippen molar-refractivity contribution in [1.82, 2.24) is 4.90 Å². The zero-order valence-corrected chi connectivity index (χ0v) is 16.6. The molecule has 0 radical (unpaired) electrons. The van der Waals surface area contributed by atoms with Crippen LogP contribution in [0.25, 0.3) is 0 Å². The molecule has 1 aliphatic heterocycles. The Labute approximate surface area is 165 Å². The van der Waals surface area contributed by atoms with Crippen molar-refractivity contribution in [3.8, 4) is 5.75 Å². The molecule has 1 fully saturated rings. The van der Waals surface area contributed by atoms with Crippen LogP contribution in [0.5, 0.6) is 5.75 Å². The molecule has 1 saturated heterocycles. The number of hydrogen-bond donors (Lipinski definition) is 1. The first-order valence-corrected chi connectivity index (χ1v) is 9.63. The molecule has 6 heteroatoms. The molecular formula is C21H25N3O2S. The molecule has 27 heavy (non-hydrogen) atoms. The maximum Gasteiger partial charge on any atom is 0.173 e. The van der Waals surface area contributed by atoms with Crippen LogP contribution >= 0.6 is 12.2 Å². The van der Waals surface area contributed by atoms with Crippen molar-refractivity contribution < 1.29 is 9.53 Å². The standard InChI is InChI=1S/C21H25N3O2S/c1-3-26-20-7-5-4-6-19(20)22-21(27)24-14-12-23(13-15-24)18-10-8-17(9-11-18)16(2)25/h4-11H,3,12-15H2,1-2H3,(H,22,27). The fourth-order valence-corrected chi connectivity index (χ4v) is 3.41. The van der Waals surface area contributed by atoms with Crippen molar-refractivity contribution >= 4 is 34.5 Å². The molecule has 0 aliphatic carbocycles. The van der Waals surface area contributed by atoms with E-state index in [2.05, 4.69) is 15.1 Å². The average Bonchev–Trinajstić information content (AvgIpc) is 2.70. The number of nitrogens with zero attached hydrogens (tertiary/aromatic N) is 2. The van der Waals surface area contributed by atoms with Gasteiger partial charge in [-0.05, 0) is 62.5 Å². The maximum atomic E-state index is 11.4. The van der Waals surface area contributed by atoms with Gasteiger partial charge in [0.2, 0.25) is 0 Å². The zero-order valence-electron chi connectivity index (χ0n) is 15.8. The monoisotopic (exact) mass is 383 g/mol. The molecule has 0 bridgehead atoms. The molecule has 142 valence electrons. The lowest BCUT2D eigenvalue weighted by Gasteiger charge is -2.37. The molecule has 0 atom stereocenters. The Kier molecular flexibility index (Phi) is 6.29. The topological polar surface area (TPSA) is 44.8 Å². The summed E-state index contributed by atoms with van der Waals surface area (Å²) in [6.07, 6.45) is 0. The van der Waals surface area contributed by atoms with Crippen LogP contribution in [0.15, 0.2) is 48.5 Å². The summed E-state index contributed by atoms with van der Waals surface area (Å²) < 4.78 is 5.65. The summed E-state index contributed by atoms with van der Waals surface area (Å²) in [5.74, 6) is 0.904. The van der Waals surface area contributed by atoms with Crippen LogP contribution in [0.4, 0.5) is 11.4 Å². The molecule has 2 aromatic rings. The van der Waals surface area contributed by atoms with Crippen LogP contribution in [0.3, 0.4) is 0 Å². The summed E-state index contributed by atoms with van der Waals surface area (Å²) in [5.41, 5.74) is 2.78. The van der Waals surface area contributed by atoms with Gasteiger partial charge in [-0.2, -0.15) is 0 Å². The number of ketones is 1. The number of Topliss-reactive ketones (excluding diaryl/α,β-unsaturated/α-hetero) is 1. The average molecular weight is 384 g/mol. The molecule has 2 aromatic carbocycles. The molecular weight excluding hydrogens is 358 g/mol. The summed E-state index contributed by atoms with van der Waals surface area (Å²) in [4.78, 5) is 15.9. The van der Waals surface area contributed by atoms with E-state index in [9.17, 15) is 4.79 Å². The van der Waals surface area contributed by atoms with Gasteiger partial charge in [0.25, 0.3) is 0 Å². The molecule has 0 amide bonds. The Bertz CT molecular complexity index is 799. The molecule has 0 saturated carbocycles. The highest BCUT2D eigenvalue weighted by Gasteiger charge is 2.20. The third kappa shape index (κ3) is 4.77. The number of carbonyl (C=O) groups is 1. The number of carbonyl (C=O) groups excluding carboxylic acids is 1. The van der Waals surface area contributed by atoms with Crippen LogP contribution in [-0.2, 0) is 0 Å². The highest BCUT2D eigenvalue weighted by molar-refractivity contribution is 7.80. The van der Waals surface area contributed by atoms with E-state index < -0.39 is 0 Å². The molecule has 1 aliphatic rings. The third-order valence-electron chi connectivity index (χ3n) is 4.63. The lowest BCUT2D eigenvalue weighted by Crippen LogP contribution is -2.50. The molecule has 0 spiro atoms. The number of para-hydroxylation sites is 2. The van der Waals surface area contributed by atoms with Crippen molar-refractivity contribution in [3.63, 3.8) is 0 Å². The van der Waals surface area contributed by atoms with Crippen molar-refractivity contribution in [1.29, 1.82) is 0 Å². The maximum absolute atomic E-state index is 11.4. The van der Waals surface area contributed by atoms with Gasteiger partial charge in [-0.15, -0.1) is 0 Å². The normalized spacial score (nSPS) is 14.0. The summed E-state index contributed by atoms with van der Waals surface area (Å²) in [6, 6.07) is 15.6. The van der Waals surface area contributed by atoms with Gasteiger partial charge in [0.05, 0.1) is 12.3 Å². The first-order chi connectivity index (χ1) is 13.1. The van der Waals surface area contributed by atoms with Gasteiger partial charge in [0.15, 0.2) is 10.9 Å². The molecule has 5 nitrogen and oxygen atoms in total. The van der Waals surface area contributed by atoms with E-state index in [-0.39, 0.29) is 5.78 Å². The van der Waals surface area contributed by atoms with E-state index in [0.717, 1.165) is 48.9 Å². The Morgan fingerprint density at radius 3 is 2.37 bits per heavy atom. The van der Waals surface area contributed by atoms with Crippen LogP contribution in [0, 0.1) is 0 Å². The number of piperazine rings is 1. The van der Waals surface area contributed by atoms with Gasteiger partial charge in [0, 0.05) is 37.4 Å². The molecule has 1 heterocycles. The highest BCUT2D eigenvalue weighted by Crippen LogP contribution is 2.24. The van der Waals surface area contributed by atoms with Crippen LogP contribution in [0.2, 0.25) is 0 Å². The quantitative estimate of drug-likeness (QED) is 0.626. The smallest absolute Gasteiger partial charge is 0.173 e. The van der Waals surface area contributed by atoms with Gasteiger partial charge >= 0.3 is 0 Å². The van der Waals surface area contributed by atoms with Crippen molar-refractivity contribution in [2.75, 3.05) is 43.0 Å². The Morgan fingerprint density at radius 1 is 1.07 bits per heavy atom. The Hall–Kier alpha value is -2.60. The third-order valence-corrected chi connectivity index (χ3v) is 4.99. The summed E-state index contributed by atoms with van der Waals surface area (Å²) in [5, 5.41) is 4.03. The minimum Gasteiger partial charge on any atom is -0.492 e. The number of hydrogen-bond acceptors (Lipinski definition) is 4. The SMILES string of the molecule is CCOc1ccccc1NC(=S)N1CCN(c2ccc(C(C)=O)cc2)CC1. The second kappa shape index (κ2) is 8.86. The number of nitrogens with one attached hydrogen (secondary N) is 1. The van der Waals surface area contributed by atoms with Crippen LogP contribution in [0.1, 0.15) is 24.2 Å². The molecule has 0 aromatic heterocycles. The Balaban J connectivity index is 1.57. The minimum absolute atomic E-state index is 0.0927. The molecule has 0 unspecified atom stereocenters. The Morgan fingerprint density at radius 2 is 1.74 bits per heavy atom. The predicted molar refractivity (Wildman–Crippen MR) is 114 cm³/mol. The van der Waals surface area contributed by atoms with E-state index in [1.54, 1.807) is 6.92 Å². The number of rotatable bonds is 5. The van der Waals surface area contributed by atoms with Gasteiger partial charge in [0.1, 0.15) is 5.75 Å². The first kappa shape index (κ1) is 19.2. The van der Waals surface area contributed by atoms with E-state index in [1.165, 1.54) is 0 Å². The minimum atomic E-state index is 0.0927. The summed E-state index contributed by atoms with van der Waals surface area (Å²) in [7, 11) is 0. The van der Waals surface area contributed by atoms with E-state index in [4.69, 9.17) is 17.0 Å². The van der Waals surface area contributed by atoms with Crippen LogP contribution in [-0.4, -0.2) is 48.6 Å². The predicted octanol–water partition coefficient (Wildman–Crippen LogP) is 3.81. The van der Waals surface area contributed by atoms with Gasteiger partial charge in [-0.1, -0.05) is 12.1 Å². The summed E-state index contributed by atoms with van der Waals surface area (Å²) in [6.45, 7) is 7.63. The number of benzene rings is 2. The summed E-state index contributed by atoms with van der Waals surface area (Å²) >= 11 is 5.60. The van der Waals surface area contributed by atoms with E-state index in [0.29, 0.717) is 11.7 Å². The van der Waals surface area contributed by atoms with E-state index >= 15 is 0 Å². The fraction of sp³-hybridized carbons (Fsp3) is 0.333. The van der Waals surface area contributed by atoms with Crippen molar-refractivity contribution in [2.24, 2.45) is 0 Å². The van der Waals surface area contributed by atoms with Gasteiger partial charge in [-0.25, -0.2) is 0 Å². The van der Waals surface area contributed by atoms with E-state index in [1.807, 2.05) is 55.5 Å². The van der Waals surface area contributed by atoms with Gasteiger partial charge in [-0.3, -0.25) is 4.79 Å². The zero-order chi connectivity index (χ0) is 19.2. The lowest BCUT2D eigenvalue weighted by atomic mass is 10.1. The molecule has 1 N–H and O–H groups in total. The number of ether oxygens (including phenoxy) is 1. The highest BCUT2D eigenvalue weighted by atomic mass is 32.1. The van der Waals surface area contributed by atoms with Gasteiger partial charge < -0.3 is 19.9 Å². The van der Waals surface area contributed by atoms with Crippen LogP contribution < -0.4 is 15.0 Å². The number of anilines is 2. The second-order valence-electron chi connectivity index (χ2n) is 6.44.